The molecule has 2 rings (SSSR count). The molecular weight excluding hydrogens is 381 g/mol. The first kappa shape index (κ1) is 19.8. The highest BCUT2D eigenvalue weighted by Crippen LogP contribution is 2.30. The zero-order chi connectivity index (χ0) is 18.6. The first-order valence-electron chi connectivity index (χ1n) is 7.88. The van der Waals surface area contributed by atoms with Crippen LogP contribution in [0.4, 0.5) is 5.69 Å². The van der Waals surface area contributed by atoms with E-state index in [9.17, 15) is 9.59 Å². The number of hydrogen-bond acceptors (Lipinski definition) is 4. The second-order valence-electron chi connectivity index (χ2n) is 5.58. The number of ether oxygens (including phenoxy) is 1. The summed E-state index contributed by atoms with van der Waals surface area (Å²) in [6.07, 6.45) is 0.942. The topological polar surface area (TPSA) is 55.4 Å². The number of aryl methyl sites for hydroxylation is 2. The van der Waals surface area contributed by atoms with Gasteiger partial charge < -0.3 is 10.1 Å². The quantitative estimate of drug-likeness (QED) is 0.652. The Labute approximate surface area is 161 Å². The minimum absolute atomic E-state index is 0.302. The molecule has 25 heavy (non-hydrogen) atoms. The van der Waals surface area contributed by atoms with E-state index in [1.165, 1.54) is 18.3 Å². The molecule has 0 bridgehead atoms. The lowest BCUT2D eigenvalue weighted by Gasteiger charge is -2.14. The molecule has 1 aromatic carbocycles. The van der Waals surface area contributed by atoms with Crippen LogP contribution in [0, 0.1) is 6.92 Å². The van der Waals surface area contributed by atoms with Crippen molar-refractivity contribution in [2.45, 2.75) is 39.7 Å². The maximum atomic E-state index is 12.3. The van der Waals surface area contributed by atoms with Crippen molar-refractivity contribution in [3.05, 3.63) is 49.6 Å². The molecule has 0 unspecified atom stereocenters. The highest BCUT2D eigenvalue weighted by atomic mass is 35.5. The molecule has 0 radical (unpaired) electrons. The van der Waals surface area contributed by atoms with Crippen LogP contribution in [0.2, 0.25) is 10.0 Å². The van der Waals surface area contributed by atoms with Gasteiger partial charge in [0, 0.05) is 4.88 Å². The number of nitrogens with one attached hydrogen (secondary N) is 1. The number of amides is 1. The molecule has 0 aliphatic heterocycles. The lowest BCUT2D eigenvalue weighted by molar-refractivity contribution is -0.123. The Morgan fingerprint density at radius 3 is 2.52 bits per heavy atom. The van der Waals surface area contributed by atoms with E-state index in [0.29, 0.717) is 20.6 Å². The number of hydrogen-bond donors (Lipinski definition) is 1. The standard InChI is InChI=1S/C18H19Cl2NO3S/c1-4-6-12-9-15(25-11(12)3)18(23)24-10(2)17(22)21-16-13(19)7-5-8-14(16)20/h5,7-10H,4,6H2,1-3H3,(H,21,22)/t10-/m1/s1. The summed E-state index contributed by atoms with van der Waals surface area (Å²) in [7, 11) is 0. The zero-order valence-electron chi connectivity index (χ0n) is 14.2. The first-order chi connectivity index (χ1) is 11.8. The summed E-state index contributed by atoms with van der Waals surface area (Å²) in [5.41, 5.74) is 1.44. The van der Waals surface area contributed by atoms with Crippen LogP contribution in [0.25, 0.3) is 0 Å². The molecule has 0 aliphatic rings. The van der Waals surface area contributed by atoms with Gasteiger partial charge in [-0.05, 0) is 44.0 Å². The van der Waals surface area contributed by atoms with Crippen molar-refractivity contribution in [1.82, 2.24) is 0 Å². The molecule has 0 saturated heterocycles. The summed E-state index contributed by atoms with van der Waals surface area (Å²) >= 11 is 13.4. The Kier molecular flexibility index (Phi) is 6.87. The number of carbonyl (C=O) groups is 2. The van der Waals surface area contributed by atoms with Crippen LogP contribution < -0.4 is 5.32 Å². The van der Waals surface area contributed by atoms with Crippen molar-refractivity contribution in [1.29, 1.82) is 0 Å². The second kappa shape index (κ2) is 8.70. The van der Waals surface area contributed by atoms with E-state index in [0.717, 1.165) is 23.3 Å². The Morgan fingerprint density at radius 1 is 1.28 bits per heavy atom. The van der Waals surface area contributed by atoms with E-state index >= 15 is 0 Å². The van der Waals surface area contributed by atoms with Crippen LogP contribution in [-0.4, -0.2) is 18.0 Å². The molecule has 0 saturated carbocycles. The summed E-state index contributed by atoms with van der Waals surface area (Å²) in [5.74, 6) is -1.01. The van der Waals surface area contributed by atoms with E-state index in [1.807, 2.05) is 13.0 Å². The van der Waals surface area contributed by atoms with Crippen LogP contribution in [-0.2, 0) is 16.0 Å². The third-order valence-corrected chi connectivity index (χ3v) is 5.31. The van der Waals surface area contributed by atoms with Gasteiger partial charge in [-0.2, -0.15) is 0 Å². The third-order valence-electron chi connectivity index (χ3n) is 3.61. The van der Waals surface area contributed by atoms with Gasteiger partial charge in [0.15, 0.2) is 6.10 Å². The fourth-order valence-corrected chi connectivity index (χ4v) is 3.70. The number of rotatable bonds is 6. The highest BCUT2D eigenvalue weighted by molar-refractivity contribution is 7.14. The van der Waals surface area contributed by atoms with Gasteiger partial charge in [-0.15, -0.1) is 11.3 Å². The van der Waals surface area contributed by atoms with Crippen LogP contribution in [0.3, 0.4) is 0 Å². The van der Waals surface area contributed by atoms with Gasteiger partial charge in [0.25, 0.3) is 5.91 Å². The Bertz CT molecular complexity index is 768. The number of anilines is 1. The van der Waals surface area contributed by atoms with Crippen molar-refractivity contribution in [3.63, 3.8) is 0 Å². The lowest BCUT2D eigenvalue weighted by Crippen LogP contribution is -2.30. The molecule has 1 heterocycles. The van der Waals surface area contributed by atoms with Crippen molar-refractivity contribution in [2.75, 3.05) is 5.32 Å². The van der Waals surface area contributed by atoms with E-state index in [1.54, 1.807) is 18.2 Å². The smallest absolute Gasteiger partial charge is 0.349 e. The zero-order valence-corrected chi connectivity index (χ0v) is 16.5. The molecule has 1 atom stereocenters. The van der Waals surface area contributed by atoms with Gasteiger partial charge in [-0.25, -0.2) is 4.79 Å². The molecule has 134 valence electrons. The van der Waals surface area contributed by atoms with Crippen LogP contribution >= 0.6 is 34.5 Å². The average molecular weight is 400 g/mol. The maximum Gasteiger partial charge on any atom is 0.349 e. The number of esters is 1. The average Bonchev–Trinajstić information content (AvgIpc) is 2.92. The van der Waals surface area contributed by atoms with E-state index in [2.05, 4.69) is 12.2 Å². The molecule has 0 aliphatic carbocycles. The molecular formula is C18H19Cl2NO3S. The van der Waals surface area contributed by atoms with Crippen molar-refractivity contribution >= 4 is 52.1 Å². The Balaban J connectivity index is 2.03. The monoisotopic (exact) mass is 399 g/mol. The molecule has 7 heteroatoms. The molecule has 0 spiro atoms. The molecule has 4 nitrogen and oxygen atoms in total. The molecule has 0 fully saturated rings. The lowest BCUT2D eigenvalue weighted by atomic mass is 10.1. The minimum Gasteiger partial charge on any atom is -0.448 e. The van der Waals surface area contributed by atoms with Crippen LogP contribution in [0.1, 0.15) is 40.4 Å². The van der Waals surface area contributed by atoms with Crippen LogP contribution in [0.15, 0.2) is 24.3 Å². The van der Waals surface area contributed by atoms with Gasteiger partial charge in [-0.3, -0.25) is 4.79 Å². The number of halogens is 2. The number of thiophene rings is 1. The van der Waals surface area contributed by atoms with Crippen LogP contribution in [0.5, 0.6) is 0 Å². The predicted molar refractivity (Wildman–Crippen MR) is 103 cm³/mol. The fraction of sp³-hybridized carbons (Fsp3) is 0.333. The number of carbonyl (C=O) groups excluding carboxylic acids is 2. The molecule has 1 amide bonds. The summed E-state index contributed by atoms with van der Waals surface area (Å²) in [4.78, 5) is 26.1. The van der Waals surface area contributed by atoms with Gasteiger partial charge in [0.2, 0.25) is 0 Å². The van der Waals surface area contributed by atoms with E-state index in [-0.39, 0.29) is 0 Å². The molecule has 1 aromatic heterocycles. The van der Waals surface area contributed by atoms with Gasteiger partial charge in [0.1, 0.15) is 4.88 Å². The Morgan fingerprint density at radius 2 is 1.92 bits per heavy atom. The number of para-hydroxylation sites is 1. The fourth-order valence-electron chi connectivity index (χ4n) is 2.25. The van der Waals surface area contributed by atoms with E-state index < -0.39 is 18.0 Å². The summed E-state index contributed by atoms with van der Waals surface area (Å²) < 4.78 is 5.27. The predicted octanol–water partition coefficient (Wildman–Crippen LogP) is 5.50. The van der Waals surface area contributed by atoms with Crippen molar-refractivity contribution in [3.8, 4) is 0 Å². The number of benzene rings is 1. The maximum absolute atomic E-state index is 12.3. The van der Waals surface area contributed by atoms with Gasteiger partial charge in [-0.1, -0.05) is 42.6 Å². The Hall–Kier alpha value is -1.56. The molecule has 1 N–H and O–H groups in total. The summed E-state index contributed by atoms with van der Waals surface area (Å²) in [5, 5.41) is 3.23. The van der Waals surface area contributed by atoms with E-state index in [4.69, 9.17) is 27.9 Å². The molecule has 2 aromatic rings. The van der Waals surface area contributed by atoms with Gasteiger partial charge in [0.05, 0.1) is 15.7 Å². The van der Waals surface area contributed by atoms with Crippen molar-refractivity contribution < 1.29 is 14.3 Å². The normalized spacial score (nSPS) is 11.9. The largest absolute Gasteiger partial charge is 0.448 e. The summed E-state index contributed by atoms with van der Waals surface area (Å²) in [6.45, 7) is 5.56. The van der Waals surface area contributed by atoms with Crippen molar-refractivity contribution in [2.24, 2.45) is 0 Å². The van der Waals surface area contributed by atoms with Gasteiger partial charge >= 0.3 is 5.97 Å². The highest BCUT2D eigenvalue weighted by Gasteiger charge is 2.22. The minimum atomic E-state index is -0.975. The third kappa shape index (κ3) is 4.97. The summed E-state index contributed by atoms with van der Waals surface area (Å²) in [6, 6.07) is 6.74. The second-order valence-corrected chi connectivity index (χ2v) is 7.65. The first-order valence-corrected chi connectivity index (χ1v) is 9.45. The SMILES string of the molecule is CCCc1cc(C(=O)O[C@H](C)C(=O)Nc2c(Cl)cccc2Cl)sc1C.